The van der Waals surface area contributed by atoms with E-state index in [4.69, 9.17) is 32.7 Å². The van der Waals surface area contributed by atoms with Gasteiger partial charge in [-0.1, -0.05) is 31.9 Å². The number of benzene rings is 1. The molecule has 1 heterocycles. The van der Waals surface area contributed by atoms with Crippen LogP contribution in [-0.2, 0) is 0 Å². The summed E-state index contributed by atoms with van der Waals surface area (Å²) < 4.78 is 11.2. The molecule has 0 amide bonds. The van der Waals surface area contributed by atoms with E-state index in [0.717, 1.165) is 23.5 Å². The first-order valence-electron chi connectivity index (χ1n) is 7.22. The molecule has 0 aromatic heterocycles. The van der Waals surface area contributed by atoms with Gasteiger partial charge in [-0.15, -0.1) is 11.6 Å². The average molecular weight is 315 g/mol. The lowest BCUT2D eigenvalue weighted by Crippen LogP contribution is -2.22. The van der Waals surface area contributed by atoms with Crippen LogP contribution in [0.25, 0.3) is 0 Å². The van der Waals surface area contributed by atoms with Crippen LogP contribution in [0.2, 0.25) is 5.02 Å². The van der Waals surface area contributed by atoms with Gasteiger partial charge >= 0.3 is 0 Å². The zero-order valence-electron chi connectivity index (χ0n) is 11.9. The third-order valence-electron chi connectivity index (χ3n) is 4.65. The van der Waals surface area contributed by atoms with Crippen LogP contribution < -0.4 is 9.47 Å². The molecule has 1 aromatic carbocycles. The molecule has 110 valence electrons. The minimum atomic E-state index is -0.0733. The van der Waals surface area contributed by atoms with Crippen molar-refractivity contribution in [3.63, 3.8) is 0 Å². The Morgan fingerprint density at radius 1 is 1.20 bits per heavy atom. The van der Waals surface area contributed by atoms with Crippen molar-refractivity contribution in [3.05, 3.63) is 22.7 Å². The van der Waals surface area contributed by atoms with E-state index in [1.807, 2.05) is 12.1 Å². The van der Waals surface area contributed by atoms with Crippen molar-refractivity contribution in [2.75, 3.05) is 13.2 Å². The molecule has 0 spiro atoms. The fraction of sp³-hybridized carbons (Fsp3) is 0.625. The molecule has 0 N–H and O–H groups in total. The van der Waals surface area contributed by atoms with Gasteiger partial charge in [0.25, 0.3) is 0 Å². The van der Waals surface area contributed by atoms with Crippen molar-refractivity contribution in [1.29, 1.82) is 0 Å². The molecule has 3 rings (SSSR count). The Morgan fingerprint density at radius 3 is 2.45 bits per heavy atom. The number of hydrogen-bond donors (Lipinski definition) is 0. The van der Waals surface area contributed by atoms with Crippen LogP contribution in [0, 0.1) is 11.3 Å². The summed E-state index contributed by atoms with van der Waals surface area (Å²) in [7, 11) is 0. The molecule has 2 atom stereocenters. The van der Waals surface area contributed by atoms with E-state index in [9.17, 15) is 0 Å². The normalized spacial score (nSPS) is 25.5. The maximum atomic E-state index is 6.76. The highest BCUT2D eigenvalue weighted by atomic mass is 35.5. The lowest BCUT2D eigenvalue weighted by Gasteiger charge is -2.32. The number of alkyl halides is 1. The summed E-state index contributed by atoms with van der Waals surface area (Å²) in [5.74, 6) is 1.93. The maximum Gasteiger partial charge on any atom is 0.162 e. The molecule has 2 aliphatic rings. The van der Waals surface area contributed by atoms with E-state index in [1.54, 1.807) is 0 Å². The molecule has 0 bridgehead atoms. The quantitative estimate of drug-likeness (QED) is 0.697. The predicted molar refractivity (Wildman–Crippen MR) is 82.2 cm³/mol. The minimum absolute atomic E-state index is 0.0733. The van der Waals surface area contributed by atoms with Gasteiger partial charge in [-0.05, 0) is 35.8 Å². The van der Waals surface area contributed by atoms with Gasteiger partial charge in [0.05, 0.1) is 5.38 Å². The minimum Gasteiger partial charge on any atom is -0.486 e. The zero-order valence-corrected chi connectivity index (χ0v) is 13.4. The number of hydrogen-bond acceptors (Lipinski definition) is 2. The van der Waals surface area contributed by atoms with E-state index < -0.39 is 0 Å². The molecule has 1 aromatic rings. The van der Waals surface area contributed by atoms with E-state index in [2.05, 4.69) is 13.8 Å². The van der Waals surface area contributed by atoms with Gasteiger partial charge in [0, 0.05) is 11.1 Å². The predicted octanol–water partition coefficient (Wildman–Crippen LogP) is 5.22. The van der Waals surface area contributed by atoms with E-state index in [0.29, 0.717) is 24.2 Å². The van der Waals surface area contributed by atoms with Crippen LogP contribution in [0.5, 0.6) is 11.5 Å². The molecule has 1 aliphatic carbocycles. The van der Waals surface area contributed by atoms with Gasteiger partial charge < -0.3 is 9.47 Å². The second-order valence-corrected chi connectivity index (χ2v) is 7.28. The topological polar surface area (TPSA) is 18.5 Å². The van der Waals surface area contributed by atoms with Crippen LogP contribution in [0.3, 0.4) is 0 Å². The first-order chi connectivity index (χ1) is 9.49. The fourth-order valence-corrected chi connectivity index (χ4v) is 4.38. The number of ether oxygens (including phenoxy) is 2. The lowest BCUT2D eigenvalue weighted by atomic mass is 9.78. The lowest BCUT2D eigenvalue weighted by molar-refractivity contribution is 0.171. The number of rotatable bonds is 2. The van der Waals surface area contributed by atoms with Crippen molar-refractivity contribution in [1.82, 2.24) is 0 Å². The van der Waals surface area contributed by atoms with Crippen LogP contribution in [-0.4, -0.2) is 13.2 Å². The molecule has 1 saturated carbocycles. The van der Waals surface area contributed by atoms with E-state index in [1.165, 1.54) is 12.8 Å². The molecular formula is C16H20Cl2O2. The molecule has 2 nitrogen and oxygen atoms in total. The Hall–Kier alpha value is -0.600. The monoisotopic (exact) mass is 314 g/mol. The third-order valence-corrected chi connectivity index (χ3v) is 5.52. The molecular weight excluding hydrogens is 295 g/mol. The van der Waals surface area contributed by atoms with Crippen LogP contribution >= 0.6 is 23.2 Å². The van der Waals surface area contributed by atoms with Crippen molar-refractivity contribution in [2.24, 2.45) is 11.3 Å². The highest BCUT2D eigenvalue weighted by Gasteiger charge is 2.40. The fourth-order valence-electron chi connectivity index (χ4n) is 3.40. The van der Waals surface area contributed by atoms with Gasteiger partial charge in [-0.25, -0.2) is 0 Å². The van der Waals surface area contributed by atoms with Gasteiger partial charge in [-0.2, -0.15) is 0 Å². The Morgan fingerprint density at radius 2 is 1.85 bits per heavy atom. The van der Waals surface area contributed by atoms with Crippen molar-refractivity contribution >= 4 is 23.2 Å². The number of halogens is 2. The summed E-state index contributed by atoms with van der Waals surface area (Å²) >= 11 is 13.2. The van der Waals surface area contributed by atoms with Gasteiger partial charge in [0.15, 0.2) is 11.5 Å². The Balaban J connectivity index is 1.93. The summed E-state index contributed by atoms with van der Waals surface area (Å²) in [5, 5.41) is 0.604. The second-order valence-electron chi connectivity index (χ2n) is 6.41. The van der Waals surface area contributed by atoms with Crippen molar-refractivity contribution in [2.45, 2.75) is 38.5 Å². The van der Waals surface area contributed by atoms with Crippen LogP contribution in [0.15, 0.2) is 12.1 Å². The highest BCUT2D eigenvalue weighted by molar-refractivity contribution is 6.33. The van der Waals surface area contributed by atoms with Gasteiger partial charge in [0.1, 0.15) is 13.2 Å². The largest absolute Gasteiger partial charge is 0.486 e. The van der Waals surface area contributed by atoms with E-state index >= 15 is 0 Å². The smallest absolute Gasteiger partial charge is 0.162 e. The number of fused-ring (bicyclic) bond motifs is 1. The molecule has 1 aliphatic heterocycles. The SMILES string of the molecule is CC1(C)CCCC1C(Cl)c1cc2c(cc1Cl)OCCO2. The summed E-state index contributed by atoms with van der Waals surface area (Å²) in [6.07, 6.45) is 3.62. The third kappa shape index (κ3) is 2.48. The zero-order chi connectivity index (χ0) is 14.3. The summed E-state index contributed by atoms with van der Waals surface area (Å²) in [6, 6.07) is 3.80. The van der Waals surface area contributed by atoms with Crippen LogP contribution in [0.4, 0.5) is 0 Å². The maximum absolute atomic E-state index is 6.76. The standard InChI is InChI=1S/C16H20Cl2O2/c1-16(2)5-3-4-11(16)15(18)10-8-13-14(9-12(10)17)20-7-6-19-13/h8-9,11,15H,3-7H2,1-2H3. The van der Waals surface area contributed by atoms with Crippen molar-refractivity contribution < 1.29 is 9.47 Å². The highest BCUT2D eigenvalue weighted by Crippen LogP contribution is 2.53. The molecule has 20 heavy (non-hydrogen) atoms. The summed E-state index contributed by atoms with van der Waals surface area (Å²) in [5.41, 5.74) is 1.24. The molecule has 0 saturated heterocycles. The Bertz CT molecular complexity index is 513. The van der Waals surface area contributed by atoms with Gasteiger partial charge in [0.2, 0.25) is 0 Å². The van der Waals surface area contributed by atoms with Gasteiger partial charge in [-0.3, -0.25) is 0 Å². The van der Waals surface area contributed by atoms with Crippen molar-refractivity contribution in [3.8, 4) is 11.5 Å². The van der Waals surface area contributed by atoms with E-state index in [-0.39, 0.29) is 10.8 Å². The Labute approximate surface area is 130 Å². The molecule has 1 fully saturated rings. The van der Waals surface area contributed by atoms with Crippen LogP contribution in [0.1, 0.15) is 44.1 Å². The first kappa shape index (κ1) is 14.3. The molecule has 0 radical (unpaired) electrons. The average Bonchev–Trinajstić information content (AvgIpc) is 2.77. The Kier molecular flexibility index (Phi) is 3.81. The summed E-state index contributed by atoms with van der Waals surface area (Å²) in [6.45, 7) is 5.75. The first-order valence-corrected chi connectivity index (χ1v) is 8.03. The summed E-state index contributed by atoms with van der Waals surface area (Å²) in [4.78, 5) is 0. The molecule has 4 heteroatoms. The molecule has 2 unspecified atom stereocenters. The second kappa shape index (κ2) is 5.31.